The second-order valence-corrected chi connectivity index (χ2v) is 9.46. The molecule has 2 atom stereocenters. The summed E-state index contributed by atoms with van der Waals surface area (Å²) in [5, 5.41) is 5.04. The van der Waals surface area contributed by atoms with Gasteiger partial charge in [0, 0.05) is 38.1 Å². The number of imide groups is 1. The Hall–Kier alpha value is -3.21. The lowest BCUT2D eigenvalue weighted by Gasteiger charge is -2.44. The van der Waals surface area contributed by atoms with Gasteiger partial charge in [-0.15, -0.1) is 0 Å². The molecule has 11 heteroatoms. The van der Waals surface area contributed by atoms with Crippen LogP contribution in [0.25, 0.3) is 0 Å². The molecule has 180 valence electrons. The number of carbonyl (C=O) groups is 4. The van der Waals surface area contributed by atoms with Crippen LogP contribution < -0.4 is 15.5 Å². The largest absolute Gasteiger partial charge is 0.444 e. The molecule has 0 aliphatic carbocycles. The first kappa shape index (κ1) is 24.4. The molecule has 0 radical (unpaired) electrons. The van der Waals surface area contributed by atoms with Crippen LogP contribution >= 0.6 is 0 Å². The quantitative estimate of drug-likeness (QED) is 0.702. The van der Waals surface area contributed by atoms with Gasteiger partial charge in [-0.05, 0) is 46.8 Å². The lowest BCUT2D eigenvalue weighted by molar-refractivity contribution is -0.120. The van der Waals surface area contributed by atoms with Crippen molar-refractivity contribution in [3.05, 3.63) is 18.3 Å². The minimum Gasteiger partial charge on any atom is -0.444 e. The van der Waals surface area contributed by atoms with Gasteiger partial charge >= 0.3 is 12.1 Å². The number of pyridine rings is 1. The van der Waals surface area contributed by atoms with Crippen molar-refractivity contribution in [2.24, 2.45) is 0 Å². The van der Waals surface area contributed by atoms with Crippen molar-refractivity contribution in [1.29, 1.82) is 0 Å². The first-order valence-corrected chi connectivity index (χ1v) is 11.0. The van der Waals surface area contributed by atoms with Crippen molar-refractivity contribution in [2.75, 3.05) is 36.4 Å². The third-order valence-electron chi connectivity index (χ3n) is 5.46. The zero-order chi connectivity index (χ0) is 24.3. The fraction of sp³-hybridized carbons (Fsp3) is 0.591. The Morgan fingerprint density at radius 2 is 1.85 bits per heavy atom. The van der Waals surface area contributed by atoms with E-state index in [-0.39, 0.29) is 49.5 Å². The van der Waals surface area contributed by atoms with Gasteiger partial charge in [0.05, 0.1) is 18.4 Å². The van der Waals surface area contributed by atoms with Crippen LogP contribution in [0.15, 0.2) is 18.3 Å². The zero-order valence-corrected chi connectivity index (χ0v) is 19.8. The number of piperazine rings is 1. The molecular formula is C22H32N6O5. The number of aromatic nitrogens is 1. The second kappa shape index (κ2) is 9.74. The van der Waals surface area contributed by atoms with Crippen molar-refractivity contribution in [2.45, 2.75) is 58.7 Å². The molecule has 0 bridgehead atoms. The number of anilines is 2. The summed E-state index contributed by atoms with van der Waals surface area (Å²) in [6.45, 7) is 10.8. The highest BCUT2D eigenvalue weighted by molar-refractivity contribution is 6.05. The molecule has 2 N–H and O–H groups in total. The Balaban J connectivity index is 1.54. The van der Waals surface area contributed by atoms with E-state index in [0.29, 0.717) is 24.6 Å². The second-order valence-electron chi connectivity index (χ2n) is 9.46. The Bertz CT molecular complexity index is 901. The normalized spacial score (nSPS) is 22.1. The number of urea groups is 1. The first-order chi connectivity index (χ1) is 15.4. The van der Waals surface area contributed by atoms with E-state index >= 15 is 0 Å². The molecule has 0 unspecified atom stereocenters. The Morgan fingerprint density at radius 1 is 1.18 bits per heavy atom. The molecular weight excluding hydrogens is 428 g/mol. The van der Waals surface area contributed by atoms with Crippen molar-refractivity contribution in [1.82, 2.24) is 20.1 Å². The summed E-state index contributed by atoms with van der Waals surface area (Å²) in [5.74, 6) is -0.158. The molecule has 2 saturated heterocycles. The molecule has 1 aromatic heterocycles. The van der Waals surface area contributed by atoms with E-state index in [2.05, 4.69) is 15.6 Å². The van der Waals surface area contributed by atoms with E-state index in [4.69, 9.17) is 4.74 Å². The average Bonchev–Trinajstić information content (AvgIpc) is 2.70. The molecule has 2 aliphatic heterocycles. The third kappa shape index (κ3) is 6.41. The highest BCUT2D eigenvalue weighted by atomic mass is 16.6. The van der Waals surface area contributed by atoms with E-state index in [9.17, 15) is 19.2 Å². The Morgan fingerprint density at radius 3 is 2.39 bits per heavy atom. The topological polar surface area (TPSA) is 124 Å². The van der Waals surface area contributed by atoms with Crippen LogP contribution in [-0.2, 0) is 14.3 Å². The van der Waals surface area contributed by atoms with Crippen LogP contribution in [0.5, 0.6) is 0 Å². The van der Waals surface area contributed by atoms with Gasteiger partial charge in [-0.1, -0.05) is 0 Å². The number of ether oxygens (including phenoxy) is 1. The predicted octanol–water partition coefficient (Wildman–Crippen LogP) is 1.80. The summed E-state index contributed by atoms with van der Waals surface area (Å²) in [7, 11) is 0. The lowest BCUT2D eigenvalue weighted by atomic mass is 10.1. The fourth-order valence-corrected chi connectivity index (χ4v) is 3.92. The minimum absolute atomic E-state index is 0.0253. The van der Waals surface area contributed by atoms with Gasteiger partial charge in [-0.2, -0.15) is 0 Å². The lowest BCUT2D eigenvalue weighted by Crippen LogP contribution is -2.59. The number of nitrogens with zero attached hydrogens (tertiary/aromatic N) is 4. The average molecular weight is 461 g/mol. The number of carbonyl (C=O) groups excluding carboxylic acids is 4. The van der Waals surface area contributed by atoms with E-state index in [1.807, 2.05) is 39.5 Å². The highest BCUT2D eigenvalue weighted by Crippen LogP contribution is 2.20. The molecule has 5 amide bonds. The number of hydrogen-bond donors (Lipinski definition) is 2. The molecule has 0 saturated carbocycles. The summed E-state index contributed by atoms with van der Waals surface area (Å²) in [6.07, 6.45) is 1.36. The van der Waals surface area contributed by atoms with Crippen LogP contribution in [0.4, 0.5) is 21.1 Å². The van der Waals surface area contributed by atoms with E-state index in [1.54, 1.807) is 17.0 Å². The van der Waals surface area contributed by atoms with E-state index < -0.39 is 11.6 Å². The summed E-state index contributed by atoms with van der Waals surface area (Å²) < 4.78 is 5.47. The van der Waals surface area contributed by atoms with Crippen LogP contribution in [0.3, 0.4) is 0 Å². The molecule has 3 heterocycles. The van der Waals surface area contributed by atoms with Crippen molar-refractivity contribution < 1.29 is 23.9 Å². The zero-order valence-electron chi connectivity index (χ0n) is 19.8. The molecule has 0 aromatic carbocycles. The molecule has 0 spiro atoms. The summed E-state index contributed by atoms with van der Waals surface area (Å²) >= 11 is 0. The third-order valence-corrected chi connectivity index (χ3v) is 5.46. The molecule has 2 aliphatic rings. The smallest absolute Gasteiger partial charge is 0.410 e. The van der Waals surface area contributed by atoms with Gasteiger partial charge in [0.15, 0.2) is 0 Å². The molecule has 11 nitrogen and oxygen atoms in total. The SMILES string of the molecule is C[C@@H]1CN(C(=O)OC(C)(C)C)C[C@H](C)N1CC(=O)Nc1ccc(N2CCC(=O)NC2=O)cn1. The van der Waals surface area contributed by atoms with Crippen LogP contribution in [0.2, 0.25) is 0 Å². The van der Waals surface area contributed by atoms with E-state index in [0.717, 1.165) is 0 Å². The van der Waals surface area contributed by atoms with Crippen LogP contribution in [0, 0.1) is 0 Å². The standard InChI is InChI=1S/C22H32N6O5/c1-14-11-26(21(32)33-22(3,4)5)12-15(2)28(14)13-19(30)24-17-7-6-16(10-23-17)27-9-8-18(29)25-20(27)31/h6-7,10,14-15H,8-9,11-13H2,1-5H3,(H,23,24,30)(H,25,29,31)/t14-,15+. The monoisotopic (exact) mass is 460 g/mol. The maximum Gasteiger partial charge on any atom is 0.410 e. The molecule has 3 rings (SSSR count). The molecule has 33 heavy (non-hydrogen) atoms. The van der Waals surface area contributed by atoms with Crippen LogP contribution in [0.1, 0.15) is 41.0 Å². The molecule has 2 fully saturated rings. The summed E-state index contributed by atoms with van der Waals surface area (Å²) in [6, 6.07) is 2.75. The van der Waals surface area contributed by atoms with Crippen molar-refractivity contribution in [3.63, 3.8) is 0 Å². The summed E-state index contributed by atoms with van der Waals surface area (Å²) in [5.41, 5.74) is -0.0169. The first-order valence-electron chi connectivity index (χ1n) is 11.0. The fourth-order valence-electron chi connectivity index (χ4n) is 3.92. The minimum atomic E-state index is -0.557. The van der Waals surface area contributed by atoms with Crippen molar-refractivity contribution in [3.8, 4) is 0 Å². The maximum absolute atomic E-state index is 12.6. The van der Waals surface area contributed by atoms with Crippen molar-refractivity contribution >= 4 is 35.4 Å². The van der Waals surface area contributed by atoms with E-state index in [1.165, 1.54) is 11.1 Å². The Labute approximate surface area is 193 Å². The number of hydrogen-bond acceptors (Lipinski definition) is 7. The number of nitrogens with one attached hydrogen (secondary N) is 2. The molecule has 1 aromatic rings. The predicted molar refractivity (Wildman–Crippen MR) is 122 cm³/mol. The van der Waals surface area contributed by atoms with Gasteiger partial charge in [-0.25, -0.2) is 14.6 Å². The van der Waals surface area contributed by atoms with Gasteiger partial charge in [-0.3, -0.25) is 24.7 Å². The Kier molecular flexibility index (Phi) is 7.21. The van der Waals surface area contributed by atoms with Gasteiger partial charge in [0.2, 0.25) is 11.8 Å². The summed E-state index contributed by atoms with van der Waals surface area (Å²) in [4.78, 5) is 57.6. The van der Waals surface area contributed by atoms with Crippen LogP contribution in [-0.4, -0.2) is 82.6 Å². The maximum atomic E-state index is 12.6. The van der Waals surface area contributed by atoms with Gasteiger partial charge in [0.25, 0.3) is 0 Å². The van der Waals surface area contributed by atoms with Gasteiger partial charge < -0.3 is 15.0 Å². The number of rotatable bonds is 4. The number of amides is 5. The highest BCUT2D eigenvalue weighted by Gasteiger charge is 2.34. The van der Waals surface area contributed by atoms with Gasteiger partial charge in [0.1, 0.15) is 11.4 Å².